The Morgan fingerprint density at radius 2 is 2.15 bits per heavy atom. The Bertz CT molecular complexity index is 385. The molecule has 0 radical (unpaired) electrons. The summed E-state index contributed by atoms with van der Waals surface area (Å²) in [6.07, 6.45) is 1.53. The first-order chi connectivity index (χ1) is 9.69. The van der Waals surface area contributed by atoms with Crippen molar-refractivity contribution in [3.05, 3.63) is 35.9 Å². The van der Waals surface area contributed by atoms with Gasteiger partial charge in [-0.3, -0.25) is 4.90 Å². The summed E-state index contributed by atoms with van der Waals surface area (Å²) in [5.74, 6) is 0. The Balaban J connectivity index is 1.80. The SMILES string of the molecule is CCC1CN(CC(O)C(N)Cc2ccccc2)CCO1. The van der Waals surface area contributed by atoms with E-state index in [2.05, 4.69) is 24.0 Å². The largest absolute Gasteiger partial charge is 0.390 e. The van der Waals surface area contributed by atoms with Gasteiger partial charge in [-0.05, 0) is 18.4 Å². The molecule has 3 N–H and O–H groups in total. The summed E-state index contributed by atoms with van der Waals surface area (Å²) in [4.78, 5) is 2.26. The fourth-order valence-electron chi connectivity index (χ4n) is 2.62. The molecule has 0 bridgehead atoms. The molecule has 1 aromatic carbocycles. The van der Waals surface area contributed by atoms with Crippen LogP contribution in [0.15, 0.2) is 30.3 Å². The molecule has 0 amide bonds. The van der Waals surface area contributed by atoms with Gasteiger partial charge >= 0.3 is 0 Å². The summed E-state index contributed by atoms with van der Waals surface area (Å²) < 4.78 is 5.64. The van der Waals surface area contributed by atoms with Crippen molar-refractivity contribution in [2.45, 2.75) is 38.0 Å². The number of morpholine rings is 1. The molecule has 2 rings (SSSR count). The monoisotopic (exact) mass is 278 g/mol. The maximum atomic E-state index is 10.3. The zero-order valence-electron chi connectivity index (χ0n) is 12.2. The minimum absolute atomic E-state index is 0.222. The lowest BCUT2D eigenvalue weighted by Crippen LogP contribution is -2.50. The van der Waals surface area contributed by atoms with Crippen LogP contribution in [0, 0.1) is 0 Å². The van der Waals surface area contributed by atoms with Crippen molar-refractivity contribution in [3.63, 3.8) is 0 Å². The third kappa shape index (κ3) is 4.56. The third-order valence-electron chi connectivity index (χ3n) is 3.93. The van der Waals surface area contributed by atoms with Gasteiger partial charge < -0.3 is 15.6 Å². The molecule has 0 aromatic heterocycles. The van der Waals surface area contributed by atoms with Gasteiger partial charge in [0, 0.05) is 25.7 Å². The summed E-state index contributed by atoms with van der Waals surface area (Å²) in [7, 11) is 0. The molecule has 3 unspecified atom stereocenters. The van der Waals surface area contributed by atoms with E-state index in [1.807, 2.05) is 18.2 Å². The number of ether oxygens (including phenoxy) is 1. The van der Waals surface area contributed by atoms with E-state index in [4.69, 9.17) is 10.5 Å². The lowest BCUT2D eigenvalue weighted by molar-refractivity contribution is -0.0436. The van der Waals surface area contributed by atoms with Gasteiger partial charge in [0.15, 0.2) is 0 Å². The second kappa shape index (κ2) is 7.74. The van der Waals surface area contributed by atoms with Crippen molar-refractivity contribution < 1.29 is 9.84 Å². The minimum atomic E-state index is -0.495. The molecule has 0 aliphatic carbocycles. The molecule has 0 saturated carbocycles. The molecule has 0 spiro atoms. The maximum absolute atomic E-state index is 10.3. The van der Waals surface area contributed by atoms with Crippen LogP contribution in [-0.2, 0) is 11.2 Å². The predicted octanol–water partition coefficient (Wildman–Crippen LogP) is 1.03. The Kier molecular flexibility index (Phi) is 5.98. The van der Waals surface area contributed by atoms with Crippen LogP contribution >= 0.6 is 0 Å². The van der Waals surface area contributed by atoms with Crippen LogP contribution in [0.2, 0.25) is 0 Å². The van der Waals surface area contributed by atoms with Gasteiger partial charge in [0.25, 0.3) is 0 Å². The van der Waals surface area contributed by atoms with Crippen molar-refractivity contribution in [1.29, 1.82) is 0 Å². The number of β-amino-alcohol motifs (C(OH)–C–C–N with tert-alkyl or cyclic N) is 1. The van der Waals surface area contributed by atoms with E-state index in [-0.39, 0.29) is 6.04 Å². The van der Waals surface area contributed by atoms with E-state index < -0.39 is 6.10 Å². The molecule has 4 heteroatoms. The molecular formula is C16H26N2O2. The molecular weight excluding hydrogens is 252 g/mol. The van der Waals surface area contributed by atoms with Crippen LogP contribution in [-0.4, -0.2) is 54.5 Å². The molecule has 1 aromatic rings. The van der Waals surface area contributed by atoms with E-state index in [0.29, 0.717) is 19.1 Å². The van der Waals surface area contributed by atoms with Crippen LogP contribution < -0.4 is 5.73 Å². The van der Waals surface area contributed by atoms with Crippen LogP contribution in [0.25, 0.3) is 0 Å². The standard InChI is InChI=1S/C16H26N2O2/c1-2-14-11-18(8-9-20-14)12-16(19)15(17)10-13-6-4-3-5-7-13/h3-7,14-16,19H,2,8-12,17H2,1H3. The van der Waals surface area contributed by atoms with Gasteiger partial charge in [-0.25, -0.2) is 0 Å². The zero-order valence-corrected chi connectivity index (χ0v) is 12.2. The second-order valence-corrected chi connectivity index (χ2v) is 5.58. The molecule has 4 nitrogen and oxygen atoms in total. The highest BCUT2D eigenvalue weighted by atomic mass is 16.5. The third-order valence-corrected chi connectivity index (χ3v) is 3.93. The molecule has 1 saturated heterocycles. The Labute approximate surface area is 121 Å². The first kappa shape index (κ1) is 15.4. The Morgan fingerprint density at radius 3 is 2.85 bits per heavy atom. The number of hydrogen-bond acceptors (Lipinski definition) is 4. The summed E-state index contributed by atoms with van der Waals surface area (Å²) in [5.41, 5.74) is 7.30. The molecule has 1 heterocycles. The van der Waals surface area contributed by atoms with Gasteiger partial charge in [0.2, 0.25) is 0 Å². The van der Waals surface area contributed by atoms with Crippen LogP contribution in [0.1, 0.15) is 18.9 Å². The van der Waals surface area contributed by atoms with E-state index in [9.17, 15) is 5.11 Å². The van der Waals surface area contributed by atoms with Crippen LogP contribution in [0.3, 0.4) is 0 Å². The fraction of sp³-hybridized carbons (Fsp3) is 0.625. The van der Waals surface area contributed by atoms with Gasteiger partial charge in [-0.2, -0.15) is 0 Å². The normalized spacial score (nSPS) is 23.4. The molecule has 1 fully saturated rings. The smallest absolute Gasteiger partial charge is 0.0820 e. The average Bonchev–Trinajstić information content (AvgIpc) is 2.48. The summed E-state index contributed by atoms with van der Waals surface area (Å²) in [5, 5.41) is 10.3. The van der Waals surface area contributed by atoms with E-state index >= 15 is 0 Å². The molecule has 20 heavy (non-hydrogen) atoms. The number of nitrogens with two attached hydrogens (primary N) is 1. The number of benzene rings is 1. The van der Waals surface area contributed by atoms with Crippen LogP contribution in [0.4, 0.5) is 0 Å². The van der Waals surface area contributed by atoms with Gasteiger partial charge in [0.05, 0.1) is 18.8 Å². The number of nitrogens with zero attached hydrogens (tertiary/aromatic N) is 1. The highest BCUT2D eigenvalue weighted by Gasteiger charge is 2.23. The first-order valence-corrected chi connectivity index (χ1v) is 7.50. The minimum Gasteiger partial charge on any atom is -0.390 e. The van der Waals surface area contributed by atoms with Crippen molar-refractivity contribution in [1.82, 2.24) is 4.90 Å². The molecule has 112 valence electrons. The molecule has 1 aliphatic heterocycles. The van der Waals surface area contributed by atoms with Crippen molar-refractivity contribution in [3.8, 4) is 0 Å². The Hall–Kier alpha value is -0.940. The first-order valence-electron chi connectivity index (χ1n) is 7.50. The Morgan fingerprint density at radius 1 is 1.40 bits per heavy atom. The highest BCUT2D eigenvalue weighted by Crippen LogP contribution is 2.11. The van der Waals surface area contributed by atoms with E-state index in [0.717, 1.165) is 26.1 Å². The quantitative estimate of drug-likeness (QED) is 0.816. The average molecular weight is 278 g/mol. The summed E-state index contributed by atoms with van der Waals surface area (Å²) in [6, 6.07) is 9.87. The van der Waals surface area contributed by atoms with Crippen molar-refractivity contribution >= 4 is 0 Å². The lowest BCUT2D eigenvalue weighted by Gasteiger charge is -2.34. The number of aliphatic hydroxyl groups excluding tert-OH is 1. The van der Waals surface area contributed by atoms with E-state index in [1.54, 1.807) is 0 Å². The zero-order chi connectivity index (χ0) is 14.4. The molecule has 1 aliphatic rings. The van der Waals surface area contributed by atoms with Gasteiger partial charge in [-0.1, -0.05) is 37.3 Å². The second-order valence-electron chi connectivity index (χ2n) is 5.58. The number of aliphatic hydroxyl groups is 1. The number of rotatable bonds is 6. The van der Waals surface area contributed by atoms with Crippen LogP contribution in [0.5, 0.6) is 0 Å². The van der Waals surface area contributed by atoms with E-state index in [1.165, 1.54) is 5.56 Å². The fourth-order valence-corrected chi connectivity index (χ4v) is 2.62. The maximum Gasteiger partial charge on any atom is 0.0820 e. The van der Waals surface area contributed by atoms with Gasteiger partial charge in [0.1, 0.15) is 0 Å². The topological polar surface area (TPSA) is 58.7 Å². The van der Waals surface area contributed by atoms with Crippen molar-refractivity contribution in [2.24, 2.45) is 5.73 Å². The predicted molar refractivity (Wildman–Crippen MR) is 80.6 cm³/mol. The summed E-state index contributed by atoms with van der Waals surface area (Å²) in [6.45, 7) is 5.29. The molecule has 3 atom stereocenters. The lowest BCUT2D eigenvalue weighted by atomic mass is 10.0. The number of hydrogen-bond donors (Lipinski definition) is 2. The van der Waals surface area contributed by atoms with Crippen molar-refractivity contribution in [2.75, 3.05) is 26.2 Å². The summed E-state index contributed by atoms with van der Waals surface area (Å²) >= 11 is 0. The van der Waals surface area contributed by atoms with Gasteiger partial charge in [-0.15, -0.1) is 0 Å². The highest BCUT2D eigenvalue weighted by molar-refractivity contribution is 5.16.